The molecule has 0 saturated carbocycles. The van der Waals surface area contributed by atoms with Gasteiger partial charge in [0.15, 0.2) is 0 Å². The Hall–Kier alpha value is -1.88. The van der Waals surface area contributed by atoms with Crippen molar-refractivity contribution in [1.29, 1.82) is 0 Å². The average Bonchev–Trinajstić information content (AvgIpc) is 2.72. The van der Waals surface area contributed by atoms with Crippen LogP contribution in [0.5, 0.6) is 5.75 Å². The zero-order valence-electron chi connectivity index (χ0n) is 10.4. The second kappa shape index (κ2) is 4.78. The number of aromatic hydroxyl groups is 1. The minimum atomic E-state index is -0.164. The number of phenols is 1. The number of hydrogen-bond donors (Lipinski definition) is 2. The Kier molecular flexibility index (Phi) is 3.34. The van der Waals surface area contributed by atoms with Crippen LogP contribution < -0.4 is 5.32 Å². The number of benzene rings is 1. The minimum Gasteiger partial charge on any atom is -0.508 e. The van der Waals surface area contributed by atoms with Crippen LogP contribution >= 0.6 is 11.3 Å². The van der Waals surface area contributed by atoms with Crippen LogP contribution in [0, 0.1) is 20.8 Å². The number of anilines is 1. The van der Waals surface area contributed by atoms with Crippen molar-refractivity contribution in [2.75, 3.05) is 5.32 Å². The molecule has 1 aromatic carbocycles. The molecule has 2 aromatic rings. The molecular weight excluding hydrogens is 248 g/mol. The van der Waals surface area contributed by atoms with Crippen molar-refractivity contribution >= 4 is 22.9 Å². The van der Waals surface area contributed by atoms with E-state index in [1.54, 1.807) is 31.5 Å². The Morgan fingerprint density at radius 1 is 1.28 bits per heavy atom. The zero-order valence-corrected chi connectivity index (χ0v) is 11.3. The lowest BCUT2D eigenvalue weighted by Gasteiger charge is -2.10. The van der Waals surface area contributed by atoms with Crippen molar-refractivity contribution in [1.82, 2.24) is 4.98 Å². The van der Waals surface area contributed by atoms with Gasteiger partial charge in [0.25, 0.3) is 5.91 Å². The summed E-state index contributed by atoms with van der Waals surface area (Å²) in [6.07, 6.45) is 0. The molecule has 0 bridgehead atoms. The van der Waals surface area contributed by atoms with Crippen molar-refractivity contribution < 1.29 is 9.90 Å². The predicted molar refractivity (Wildman–Crippen MR) is 72.4 cm³/mol. The van der Waals surface area contributed by atoms with Crippen LogP contribution in [0.15, 0.2) is 17.6 Å². The summed E-state index contributed by atoms with van der Waals surface area (Å²) in [7, 11) is 0. The highest BCUT2D eigenvalue weighted by Crippen LogP contribution is 2.26. The number of aryl methyl sites for hydroxylation is 3. The summed E-state index contributed by atoms with van der Waals surface area (Å²) in [5.74, 6) is 0.0719. The Morgan fingerprint density at radius 2 is 2.00 bits per heavy atom. The van der Waals surface area contributed by atoms with Gasteiger partial charge in [-0.15, -0.1) is 11.3 Å². The van der Waals surface area contributed by atoms with E-state index >= 15 is 0 Å². The topological polar surface area (TPSA) is 62.2 Å². The monoisotopic (exact) mass is 262 g/mol. The van der Waals surface area contributed by atoms with Crippen LogP contribution in [0.25, 0.3) is 0 Å². The van der Waals surface area contributed by atoms with Gasteiger partial charge in [-0.1, -0.05) is 0 Å². The molecule has 2 N–H and O–H groups in total. The van der Waals surface area contributed by atoms with Crippen molar-refractivity contribution in [3.05, 3.63) is 39.3 Å². The van der Waals surface area contributed by atoms with Crippen molar-refractivity contribution in [3.8, 4) is 5.75 Å². The van der Waals surface area contributed by atoms with E-state index in [1.807, 2.05) is 6.92 Å². The summed E-state index contributed by atoms with van der Waals surface area (Å²) in [6.45, 7) is 5.44. The van der Waals surface area contributed by atoms with Gasteiger partial charge in [-0.2, -0.15) is 0 Å². The van der Waals surface area contributed by atoms with Crippen LogP contribution in [0.2, 0.25) is 0 Å². The van der Waals surface area contributed by atoms with Crippen LogP contribution in [-0.4, -0.2) is 16.0 Å². The number of amides is 1. The van der Waals surface area contributed by atoms with Gasteiger partial charge >= 0.3 is 0 Å². The van der Waals surface area contributed by atoms with Gasteiger partial charge in [0.2, 0.25) is 0 Å². The number of carbonyl (C=O) groups excluding carboxylic acids is 1. The van der Waals surface area contributed by atoms with Crippen LogP contribution in [-0.2, 0) is 0 Å². The van der Waals surface area contributed by atoms with Gasteiger partial charge in [-0.25, -0.2) is 4.98 Å². The van der Waals surface area contributed by atoms with Gasteiger partial charge in [0.05, 0.1) is 11.2 Å². The molecule has 5 heteroatoms. The Balaban J connectivity index is 2.28. The molecule has 4 nitrogen and oxygen atoms in total. The third-order valence-corrected chi connectivity index (χ3v) is 3.67. The van der Waals surface area contributed by atoms with E-state index in [4.69, 9.17) is 0 Å². The first-order valence-corrected chi connectivity index (χ1v) is 6.38. The summed E-state index contributed by atoms with van der Waals surface area (Å²) < 4.78 is 0. The van der Waals surface area contributed by atoms with Gasteiger partial charge in [-0.05, 0) is 44.0 Å². The maximum atomic E-state index is 12.0. The van der Waals surface area contributed by atoms with Gasteiger partial charge in [0.1, 0.15) is 10.6 Å². The molecule has 0 unspecified atom stereocenters. The lowest BCUT2D eigenvalue weighted by atomic mass is 10.1. The molecule has 0 aliphatic heterocycles. The zero-order chi connectivity index (χ0) is 13.3. The standard InChI is InChI=1S/C13H14N2O2S/c1-7-5-11(16)8(2)4-10(7)15-13(17)12-9(3)14-6-18-12/h4-6,16H,1-3H3,(H,15,17). The maximum Gasteiger partial charge on any atom is 0.267 e. The number of hydrogen-bond acceptors (Lipinski definition) is 4. The second-order valence-corrected chi connectivity index (χ2v) is 5.03. The highest BCUT2D eigenvalue weighted by atomic mass is 32.1. The normalized spacial score (nSPS) is 10.4. The summed E-state index contributed by atoms with van der Waals surface area (Å²) >= 11 is 1.32. The molecule has 0 radical (unpaired) electrons. The average molecular weight is 262 g/mol. The Bertz CT molecular complexity index is 605. The van der Waals surface area contributed by atoms with E-state index in [1.165, 1.54) is 11.3 Å². The van der Waals surface area contributed by atoms with E-state index < -0.39 is 0 Å². The summed E-state index contributed by atoms with van der Waals surface area (Å²) in [5, 5.41) is 12.4. The number of carbonyl (C=O) groups is 1. The van der Waals surface area contributed by atoms with E-state index in [2.05, 4.69) is 10.3 Å². The third-order valence-electron chi connectivity index (χ3n) is 2.74. The highest BCUT2D eigenvalue weighted by molar-refractivity contribution is 7.12. The summed E-state index contributed by atoms with van der Waals surface area (Å²) in [5.41, 5.74) is 4.65. The minimum absolute atomic E-state index is 0.164. The fraction of sp³-hybridized carbons (Fsp3) is 0.231. The van der Waals surface area contributed by atoms with E-state index in [9.17, 15) is 9.90 Å². The molecule has 2 rings (SSSR count). The number of phenolic OH excluding ortho intramolecular Hbond substituents is 1. The molecule has 0 saturated heterocycles. The quantitative estimate of drug-likeness (QED) is 0.818. The SMILES string of the molecule is Cc1cc(NC(=O)c2scnc2C)c(C)cc1O. The smallest absolute Gasteiger partial charge is 0.267 e. The Labute approximate surface area is 109 Å². The molecule has 0 spiro atoms. The number of thiazole rings is 1. The summed E-state index contributed by atoms with van der Waals surface area (Å²) in [6, 6.07) is 3.41. The van der Waals surface area contributed by atoms with Gasteiger partial charge in [-0.3, -0.25) is 4.79 Å². The lowest BCUT2D eigenvalue weighted by molar-refractivity contribution is 0.102. The predicted octanol–water partition coefficient (Wildman–Crippen LogP) is 3.03. The molecule has 0 atom stereocenters. The second-order valence-electron chi connectivity index (χ2n) is 4.17. The molecule has 0 aliphatic carbocycles. The van der Waals surface area contributed by atoms with Crippen molar-refractivity contribution in [2.45, 2.75) is 20.8 Å². The Morgan fingerprint density at radius 3 is 2.61 bits per heavy atom. The number of nitrogens with zero attached hydrogens (tertiary/aromatic N) is 1. The molecule has 18 heavy (non-hydrogen) atoms. The van der Waals surface area contributed by atoms with E-state index in [0.29, 0.717) is 10.6 Å². The highest BCUT2D eigenvalue weighted by Gasteiger charge is 2.13. The first-order chi connectivity index (χ1) is 8.49. The first-order valence-electron chi connectivity index (χ1n) is 5.50. The van der Waals surface area contributed by atoms with E-state index in [-0.39, 0.29) is 11.7 Å². The van der Waals surface area contributed by atoms with Crippen LogP contribution in [0.4, 0.5) is 5.69 Å². The third kappa shape index (κ3) is 2.36. The molecule has 94 valence electrons. The largest absolute Gasteiger partial charge is 0.508 e. The summed E-state index contributed by atoms with van der Waals surface area (Å²) in [4.78, 5) is 16.7. The van der Waals surface area contributed by atoms with Crippen molar-refractivity contribution in [3.63, 3.8) is 0 Å². The van der Waals surface area contributed by atoms with Crippen LogP contribution in [0.3, 0.4) is 0 Å². The molecule has 1 amide bonds. The van der Waals surface area contributed by atoms with Crippen LogP contribution in [0.1, 0.15) is 26.5 Å². The van der Waals surface area contributed by atoms with Gasteiger partial charge in [0, 0.05) is 5.69 Å². The number of aromatic nitrogens is 1. The number of rotatable bonds is 2. The molecule has 0 aliphatic rings. The maximum absolute atomic E-state index is 12.0. The first kappa shape index (κ1) is 12.6. The fourth-order valence-corrected chi connectivity index (χ4v) is 2.33. The molecule has 1 heterocycles. The molecular formula is C13H14N2O2S. The number of nitrogens with one attached hydrogen (secondary N) is 1. The van der Waals surface area contributed by atoms with Gasteiger partial charge < -0.3 is 10.4 Å². The van der Waals surface area contributed by atoms with Crippen molar-refractivity contribution in [2.24, 2.45) is 0 Å². The van der Waals surface area contributed by atoms with E-state index in [0.717, 1.165) is 16.8 Å². The lowest BCUT2D eigenvalue weighted by Crippen LogP contribution is -2.12. The fourth-order valence-electron chi connectivity index (χ4n) is 1.63. The molecule has 1 aromatic heterocycles. The molecule has 0 fully saturated rings.